The van der Waals surface area contributed by atoms with E-state index in [2.05, 4.69) is 19.2 Å². The van der Waals surface area contributed by atoms with Gasteiger partial charge < -0.3 is 10.1 Å². The summed E-state index contributed by atoms with van der Waals surface area (Å²) in [6, 6.07) is 0.581. The molecule has 0 amide bonds. The Morgan fingerprint density at radius 3 is 2.50 bits per heavy atom. The predicted molar refractivity (Wildman–Crippen MR) is 70.2 cm³/mol. The van der Waals surface area contributed by atoms with E-state index in [0.717, 1.165) is 19.3 Å². The number of alkyl halides is 1. The van der Waals surface area contributed by atoms with E-state index >= 15 is 0 Å². The van der Waals surface area contributed by atoms with Crippen molar-refractivity contribution in [2.45, 2.75) is 70.1 Å². The molecule has 0 spiro atoms. The first-order valence-electron chi connectivity index (χ1n) is 6.56. The van der Waals surface area contributed by atoms with Crippen LogP contribution in [-0.4, -0.2) is 30.7 Å². The van der Waals surface area contributed by atoms with E-state index in [1.807, 2.05) is 7.11 Å². The van der Waals surface area contributed by atoms with Crippen molar-refractivity contribution < 1.29 is 4.74 Å². The molecule has 1 rings (SSSR count). The van der Waals surface area contributed by atoms with Gasteiger partial charge in [0.1, 0.15) is 0 Å². The van der Waals surface area contributed by atoms with Crippen molar-refractivity contribution in [3.8, 4) is 0 Å². The molecule has 2 atom stereocenters. The second-order valence-electron chi connectivity index (χ2n) is 4.99. The lowest BCUT2D eigenvalue weighted by Crippen LogP contribution is -2.53. The standard InChI is InChI=1S/C13H26ClNO/c1-4-13(5-2,10-14)15-11-7-6-8-12(9-11)16-3/h11-12,15H,4-10H2,1-3H3. The van der Waals surface area contributed by atoms with Crippen LogP contribution in [-0.2, 0) is 4.74 Å². The van der Waals surface area contributed by atoms with E-state index in [0.29, 0.717) is 18.0 Å². The molecular formula is C13H26ClNO. The summed E-state index contributed by atoms with van der Waals surface area (Å²) in [6.45, 7) is 4.44. The minimum Gasteiger partial charge on any atom is -0.381 e. The number of methoxy groups -OCH3 is 1. The monoisotopic (exact) mass is 247 g/mol. The van der Waals surface area contributed by atoms with Crippen LogP contribution < -0.4 is 5.32 Å². The Bertz CT molecular complexity index is 186. The third-order valence-electron chi connectivity index (χ3n) is 4.08. The fourth-order valence-electron chi connectivity index (χ4n) is 2.60. The van der Waals surface area contributed by atoms with Crippen LogP contribution in [0.3, 0.4) is 0 Å². The molecule has 0 aromatic heterocycles. The molecule has 0 aromatic carbocycles. The number of rotatable bonds is 6. The van der Waals surface area contributed by atoms with Crippen molar-refractivity contribution in [3.05, 3.63) is 0 Å². The van der Waals surface area contributed by atoms with Crippen LogP contribution in [0.15, 0.2) is 0 Å². The minimum atomic E-state index is 0.127. The highest BCUT2D eigenvalue weighted by molar-refractivity contribution is 6.18. The molecule has 16 heavy (non-hydrogen) atoms. The van der Waals surface area contributed by atoms with Gasteiger partial charge in [-0.1, -0.05) is 13.8 Å². The van der Waals surface area contributed by atoms with Gasteiger partial charge in [-0.25, -0.2) is 0 Å². The SMILES string of the molecule is CCC(CC)(CCl)NC1CCCC(OC)C1. The van der Waals surface area contributed by atoms with Crippen LogP contribution in [0.25, 0.3) is 0 Å². The van der Waals surface area contributed by atoms with Gasteiger partial charge in [0.25, 0.3) is 0 Å². The highest BCUT2D eigenvalue weighted by atomic mass is 35.5. The lowest BCUT2D eigenvalue weighted by Gasteiger charge is -2.38. The zero-order chi connectivity index (χ0) is 12.0. The summed E-state index contributed by atoms with van der Waals surface area (Å²) in [6.07, 6.45) is 7.51. The first-order chi connectivity index (χ1) is 7.69. The lowest BCUT2D eigenvalue weighted by molar-refractivity contribution is 0.0527. The zero-order valence-corrected chi connectivity index (χ0v) is 11.6. The predicted octanol–water partition coefficient (Wildman–Crippen LogP) is 3.33. The molecule has 0 bridgehead atoms. The smallest absolute Gasteiger partial charge is 0.0586 e. The molecule has 0 radical (unpaired) electrons. The molecule has 2 nitrogen and oxygen atoms in total. The fourth-order valence-corrected chi connectivity index (χ4v) is 3.06. The molecule has 1 fully saturated rings. The molecule has 0 aliphatic heterocycles. The van der Waals surface area contributed by atoms with Gasteiger partial charge in [0.15, 0.2) is 0 Å². The van der Waals surface area contributed by atoms with Gasteiger partial charge in [0.05, 0.1) is 6.10 Å². The molecule has 0 saturated heterocycles. The van der Waals surface area contributed by atoms with Crippen LogP contribution >= 0.6 is 11.6 Å². The van der Waals surface area contributed by atoms with Gasteiger partial charge in [-0.2, -0.15) is 0 Å². The summed E-state index contributed by atoms with van der Waals surface area (Å²) in [5, 5.41) is 3.77. The van der Waals surface area contributed by atoms with E-state index < -0.39 is 0 Å². The third kappa shape index (κ3) is 3.61. The van der Waals surface area contributed by atoms with Crippen molar-refractivity contribution in [1.82, 2.24) is 5.32 Å². The van der Waals surface area contributed by atoms with E-state index in [1.54, 1.807) is 0 Å². The van der Waals surface area contributed by atoms with Crippen molar-refractivity contribution in [1.29, 1.82) is 0 Å². The Hall–Kier alpha value is 0.210. The highest BCUT2D eigenvalue weighted by Crippen LogP contribution is 2.25. The first-order valence-corrected chi connectivity index (χ1v) is 7.09. The lowest BCUT2D eigenvalue weighted by atomic mass is 9.88. The topological polar surface area (TPSA) is 21.3 Å². The minimum absolute atomic E-state index is 0.127. The normalized spacial score (nSPS) is 27.0. The van der Waals surface area contributed by atoms with Crippen molar-refractivity contribution in [2.24, 2.45) is 0 Å². The molecule has 1 N–H and O–H groups in total. The van der Waals surface area contributed by atoms with Gasteiger partial charge >= 0.3 is 0 Å². The van der Waals surface area contributed by atoms with E-state index in [1.165, 1.54) is 19.3 Å². The quantitative estimate of drug-likeness (QED) is 0.727. The van der Waals surface area contributed by atoms with Crippen molar-refractivity contribution in [2.75, 3.05) is 13.0 Å². The summed E-state index contributed by atoms with van der Waals surface area (Å²) < 4.78 is 5.46. The second kappa shape index (κ2) is 6.83. The maximum Gasteiger partial charge on any atom is 0.0586 e. The van der Waals surface area contributed by atoms with Crippen molar-refractivity contribution >= 4 is 11.6 Å². The number of hydrogen-bond acceptors (Lipinski definition) is 2. The van der Waals surface area contributed by atoms with E-state index in [4.69, 9.17) is 16.3 Å². The Labute approximate surface area is 105 Å². The fraction of sp³-hybridized carbons (Fsp3) is 1.00. The molecule has 0 heterocycles. The van der Waals surface area contributed by atoms with Crippen LogP contribution in [0, 0.1) is 0 Å². The molecule has 0 aromatic rings. The van der Waals surface area contributed by atoms with Crippen LogP contribution in [0.2, 0.25) is 0 Å². The second-order valence-corrected chi connectivity index (χ2v) is 5.25. The molecule has 1 aliphatic rings. The maximum atomic E-state index is 6.12. The summed E-state index contributed by atoms with van der Waals surface area (Å²) in [5.74, 6) is 0.703. The number of nitrogens with one attached hydrogen (secondary N) is 1. The van der Waals surface area contributed by atoms with Gasteiger partial charge in [0, 0.05) is 24.6 Å². The summed E-state index contributed by atoms with van der Waals surface area (Å²) in [4.78, 5) is 0. The van der Waals surface area contributed by atoms with E-state index in [-0.39, 0.29) is 5.54 Å². The zero-order valence-electron chi connectivity index (χ0n) is 10.9. The Kier molecular flexibility index (Phi) is 6.09. The maximum absolute atomic E-state index is 6.12. The van der Waals surface area contributed by atoms with Gasteiger partial charge in [0.2, 0.25) is 0 Å². The Morgan fingerprint density at radius 1 is 1.31 bits per heavy atom. The molecule has 1 saturated carbocycles. The number of halogens is 1. The van der Waals surface area contributed by atoms with Crippen LogP contribution in [0.4, 0.5) is 0 Å². The highest BCUT2D eigenvalue weighted by Gasteiger charge is 2.30. The van der Waals surface area contributed by atoms with E-state index in [9.17, 15) is 0 Å². The average molecular weight is 248 g/mol. The van der Waals surface area contributed by atoms with Gasteiger partial charge in [-0.15, -0.1) is 11.6 Å². The molecule has 2 unspecified atom stereocenters. The van der Waals surface area contributed by atoms with Crippen LogP contribution in [0.1, 0.15) is 52.4 Å². The first kappa shape index (κ1) is 14.3. The summed E-state index contributed by atoms with van der Waals surface area (Å²) >= 11 is 6.12. The molecule has 1 aliphatic carbocycles. The van der Waals surface area contributed by atoms with Crippen LogP contribution in [0.5, 0.6) is 0 Å². The number of ether oxygens (including phenoxy) is 1. The largest absolute Gasteiger partial charge is 0.381 e. The Morgan fingerprint density at radius 2 is 2.00 bits per heavy atom. The molecule has 96 valence electrons. The molecular weight excluding hydrogens is 222 g/mol. The Balaban J connectivity index is 2.50. The summed E-state index contributed by atoms with van der Waals surface area (Å²) in [5.41, 5.74) is 0.127. The summed E-state index contributed by atoms with van der Waals surface area (Å²) in [7, 11) is 1.82. The number of hydrogen-bond donors (Lipinski definition) is 1. The molecule has 3 heteroatoms. The third-order valence-corrected chi connectivity index (χ3v) is 4.59. The van der Waals surface area contributed by atoms with Gasteiger partial charge in [-0.3, -0.25) is 0 Å². The van der Waals surface area contributed by atoms with Crippen molar-refractivity contribution in [3.63, 3.8) is 0 Å². The average Bonchev–Trinajstić information content (AvgIpc) is 2.36. The van der Waals surface area contributed by atoms with Gasteiger partial charge in [-0.05, 0) is 38.5 Å².